The van der Waals surface area contributed by atoms with E-state index < -0.39 is 5.41 Å². The molecule has 1 aromatic heterocycles. The number of carbonyl (C=O) groups excluding carboxylic acids is 2. The minimum Gasteiger partial charge on any atom is -0.372 e. The van der Waals surface area contributed by atoms with E-state index in [2.05, 4.69) is 10.3 Å². The number of fused-ring (bicyclic) bond motifs is 2. The maximum absolute atomic E-state index is 13.1. The molecule has 3 heterocycles. The number of nitrogens with one attached hydrogen (secondary N) is 1. The van der Waals surface area contributed by atoms with Crippen LogP contribution >= 0.6 is 0 Å². The van der Waals surface area contributed by atoms with Gasteiger partial charge in [0.2, 0.25) is 5.91 Å². The predicted octanol–water partition coefficient (Wildman–Crippen LogP) is 2.27. The first kappa shape index (κ1) is 16.6. The number of pyridine rings is 1. The van der Waals surface area contributed by atoms with Crippen molar-refractivity contribution in [1.29, 1.82) is 0 Å². The first-order valence-corrected chi connectivity index (χ1v) is 8.88. The molecule has 1 atom stereocenters. The molecule has 2 aromatic rings. The molecule has 1 fully saturated rings. The van der Waals surface area contributed by atoms with Gasteiger partial charge < -0.3 is 15.1 Å². The van der Waals surface area contributed by atoms with Crippen LogP contribution in [0, 0.1) is 0 Å². The summed E-state index contributed by atoms with van der Waals surface area (Å²) >= 11 is 0. The molecule has 2 aliphatic rings. The van der Waals surface area contributed by atoms with Gasteiger partial charge in [0.15, 0.2) is 0 Å². The summed E-state index contributed by atoms with van der Waals surface area (Å²) < 4.78 is 0. The van der Waals surface area contributed by atoms with Crippen molar-refractivity contribution in [2.75, 3.05) is 37.4 Å². The molecule has 2 amide bonds. The van der Waals surface area contributed by atoms with Crippen LogP contribution in [0.15, 0.2) is 42.6 Å². The van der Waals surface area contributed by atoms with Crippen molar-refractivity contribution in [3.63, 3.8) is 0 Å². The van der Waals surface area contributed by atoms with E-state index in [1.165, 1.54) is 0 Å². The number of amides is 2. The third-order valence-corrected chi connectivity index (χ3v) is 5.55. The van der Waals surface area contributed by atoms with Gasteiger partial charge >= 0.3 is 0 Å². The Morgan fingerprint density at radius 2 is 2.04 bits per heavy atom. The second-order valence-corrected chi connectivity index (χ2v) is 6.94. The summed E-state index contributed by atoms with van der Waals surface area (Å²) in [7, 11) is 3.57. The minimum absolute atomic E-state index is 0.0798. The van der Waals surface area contributed by atoms with Crippen molar-refractivity contribution in [3.8, 4) is 0 Å². The molecule has 0 bridgehead atoms. The summed E-state index contributed by atoms with van der Waals surface area (Å²) in [6.45, 7) is 1.06. The van der Waals surface area contributed by atoms with Crippen LogP contribution < -0.4 is 10.2 Å². The monoisotopic (exact) mass is 350 g/mol. The Kier molecular flexibility index (Phi) is 3.90. The van der Waals surface area contributed by atoms with Gasteiger partial charge in [-0.25, -0.2) is 4.98 Å². The molecule has 1 unspecified atom stereocenters. The average Bonchev–Trinajstić information content (AvgIpc) is 2.90. The molecule has 0 saturated carbocycles. The molecule has 0 aliphatic carbocycles. The SMILES string of the molecule is CNc1ncccc1C(=O)N1CCCC2(C1)C(=O)N(C)c1ccccc12. The number of piperidine rings is 1. The number of likely N-dealkylation sites (N-methyl/N-ethyl adjacent to an activating group) is 1. The van der Waals surface area contributed by atoms with Gasteiger partial charge in [-0.2, -0.15) is 0 Å². The highest BCUT2D eigenvalue weighted by Crippen LogP contribution is 2.46. The number of para-hydroxylation sites is 1. The Bertz CT molecular complexity index is 882. The maximum atomic E-state index is 13.1. The molecular formula is C20H22N4O2. The zero-order valence-corrected chi connectivity index (χ0v) is 15.0. The van der Waals surface area contributed by atoms with Crippen LogP contribution in [0.25, 0.3) is 0 Å². The van der Waals surface area contributed by atoms with Crippen molar-refractivity contribution in [2.24, 2.45) is 0 Å². The number of benzene rings is 1. The van der Waals surface area contributed by atoms with Gasteiger partial charge in [0.1, 0.15) is 5.82 Å². The average molecular weight is 350 g/mol. The zero-order chi connectivity index (χ0) is 18.3. The fraction of sp³-hybridized carbons (Fsp3) is 0.350. The summed E-state index contributed by atoms with van der Waals surface area (Å²) in [6, 6.07) is 11.4. The summed E-state index contributed by atoms with van der Waals surface area (Å²) in [4.78, 5) is 34.0. The first-order valence-electron chi connectivity index (χ1n) is 8.88. The molecular weight excluding hydrogens is 328 g/mol. The second-order valence-electron chi connectivity index (χ2n) is 6.94. The third kappa shape index (κ3) is 2.29. The van der Waals surface area contributed by atoms with Crippen molar-refractivity contribution < 1.29 is 9.59 Å². The van der Waals surface area contributed by atoms with E-state index in [1.54, 1.807) is 35.2 Å². The van der Waals surface area contributed by atoms with Crippen LogP contribution in [0.1, 0.15) is 28.8 Å². The predicted molar refractivity (Wildman–Crippen MR) is 100 cm³/mol. The molecule has 134 valence electrons. The van der Waals surface area contributed by atoms with Crippen LogP contribution in [0.2, 0.25) is 0 Å². The minimum atomic E-state index is -0.638. The van der Waals surface area contributed by atoms with Crippen LogP contribution in [0.3, 0.4) is 0 Å². The van der Waals surface area contributed by atoms with E-state index in [0.29, 0.717) is 24.5 Å². The van der Waals surface area contributed by atoms with Gasteiger partial charge in [-0.3, -0.25) is 9.59 Å². The maximum Gasteiger partial charge on any atom is 0.257 e. The Morgan fingerprint density at radius 1 is 1.23 bits per heavy atom. The summed E-state index contributed by atoms with van der Waals surface area (Å²) in [6.07, 6.45) is 3.23. The number of hydrogen-bond donors (Lipinski definition) is 1. The van der Waals surface area contributed by atoms with Gasteiger partial charge in [-0.1, -0.05) is 18.2 Å². The van der Waals surface area contributed by atoms with E-state index in [1.807, 2.05) is 31.3 Å². The number of nitrogens with zero attached hydrogens (tertiary/aromatic N) is 3. The second kappa shape index (κ2) is 6.12. The lowest BCUT2D eigenvalue weighted by molar-refractivity contribution is -0.124. The lowest BCUT2D eigenvalue weighted by atomic mass is 9.75. The Labute approximate surface area is 152 Å². The van der Waals surface area contributed by atoms with Crippen molar-refractivity contribution in [2.45, 2.75) is 18.3 Å². The lowest BCUT2D eigenvalue weighted by Crippen LogP contribution is -2.53. The molecule has 1 N–H and O–H groups in total. The number of carbonyl (C=O) groups is 2. The molecule has 26 heavy (non-hydrogen) atoms. The highest BCUT2D eigenvalue weighted by atomic mass is 16.2. The fourth-order valence-corrected chi connectivity index (χ4v) is 4.29. The van der Waals surface area contributed by atoms with E-state index in [4.69, 9.17) is 0 Å². The number of aromatic nitrogens is 1. The van der Waals surface area contributed by atoms with E-state index >= 15 is 0 Å². The molecule has 6 heteroatoms. The van der Waals surface area contributed by atoms with Gasteiger partial charge in [0.25, 0.3) is 5.91 Å². The number of anilines is 2. The molecule has 1 saturated heterocycles. The highest BCUT2D eigenvalue weighted by molar-refractivity contribution is 6.08. The van der Waals surface area contributed by atoms with Crippen molar-refractivity contribution in [1.82, 2.24) is 9.88 Å². The Hall–Kier alpha value is -2.89. The standard InChI is InChI=1S/C20H22N4O2/c1-21-17-14(7-5-11-22-17)18(25)24-12-6-10-20(13-24)15-8-3-4-9-16(15)23(2)19(20)26/h3-5,7-9,11H,6,10,12-13H2,1-2H3,(H,21,22). The normalized spacial score (nSPS) is 21.8. The number of likely N-dealkylation sites (tertiary alicyclic amines) is 1. The molecule has 0 radical (unpaired) electrons. The fourth-order valence-electron chi connectivity index (χ4n) is 4.29. The van der Waals surface area contributed by atoms with Crippen LogP contribution in [0.5, 0.6) is 0 Å². The molecule has 1 spiro atoms. The molecule has 4 rings (SSSR count). The number of hydrogen-bond acceptors (Lipinski definition) is 4. The lowest BCUT2D eigenvalue weighted by Gasteiger charge is -2.39. The highest BCUT2D eigenvalue weighted by Gasteiger charge is 2.52. The van der Waals surface area contributed by atoms with Gasteiger partial charge in [0.05, 0.1) is 11.0 Å². The molecule has 1 aromatic carbocycles. The summed E-state index contributed by atoms with van der Waals surface area (Å²) in [5, 5.41) is 2.97. The topological polar surface area (TPSA) is 65.5 Å². The quantitative estimate of drug-likeness (QED) is 0.902. The van der Waals surface area contributed by atoms with E-state index in [-0.39, 0.29) is 11.8 Å². The Morgan fingerprint density at radius 3 is 2.85 bits per heavy atom. The smallest absolute Gasteiger partial charge is 0.257 e. The van der Waals surface area contributed by atoms with E-state index in [9.17, 15) is 9.59 Å². The van der Waals surface area contributed by atoms with Crippen molar-refractivity contribution >= 4 is 23.3 Å². The van der Waals surface area contributed by atoms with E-state index in [0.717, 1.165) is 24.1 Å². The summed E-state index contributed by atoms with van der Waals surface area (Å²) in [5.41, 5.74) is 1.88. The molecule has 2 aliphatic heterocycles. The molecule has 6 nitrogen and oxygen atoms in total. The zero-order valence-electron chi connectivity index (χ0n) is 15.0. The largest absolute Gasteiger partial charge is 0.372 e. The van der Waals surface area contributed by atoms with Gasteiger partial charge in [-0.05, 0) is 36.6 Å². The Balaban J connectivity index is 1.70. The van der Waals surface area contributed by atoms with Gasteiger partial charge in [0, 0.05) is 39.1 Å². The summed E-state index contributed by atoms with van der Waals surface area (Å²) in [5.74, 6) is 0.560. The third-order valence-electron chi connectivity index (χ3n) is 5.55. The first-order chi connectivity index (χ1) is 12.6. The van der Waals surface area contributed by atoms with Gasteiger partial charge in [-0.15, -0.1) is 0 Å². The van der Waals surface area contributed by atoms with Crippen LogP contribution in [-0.4, -0.2) is 48.9 Å². The van der Waals surface area contributed by atoms with Crippen LogP contribution in [0.4, 0.5) is 11.5 Å². The van der Waals surface area contributed by atoms with Crippen LogP contribution in [-0.2, 0) is 10.2 Å². The van der Waals surface area contributed by atoms with Crippen molar-refractivity contribution in [3.05, 3.63) is 53.7 Å². The number of rotatable bonds is 2.